The van der Waals surface area contributed by atoms with Gasteiger partial charge in [-0.15, -0.1) is 21.5 Å². The number of thiophene rings is 1. The number of para-hydroxylation sites is 1. The number of aliphatic imine (C=N–C) groups is 1. The van der Waals surface area contributed by atoms with E-state index >= 15 is 0 Å². The number of rotatable bonds is 7. The lowest BCUT2D eigenvalue weighted by molar-refractivity contribution is 0.261. The summed E-state index contributed by atoms with van der Waals surface area (Å²) < 4.78 is 7.87. The normalized spacial score (nSPS) is 16.2. The first-order valence-electron chi connectivity index (χ1n) is 9.99. The van der Waals surface area contributed by atoms with Gasteiger partial charge in [-0.2, -0.15) is 0 Å². The number of fused-ring (bicyclic) bond motifs is 1. The largest absolute Gasteiger partial charge is 0.493 e. The van der Waals surface area contributed by atoms with Crippen LogP contribution in [-0.2, 0) is 19.5 Å². The molecule has 0 saturated carbocycles. The third-order valence-corrected chi connectivity index (χ3v) is 5.76. The quantitative estimate of drug-likeness (QED) is 0.462. The summed E-state index contributed by atoms with van der Waals surface area (Å²) in [7, 11) is 0. The number of guanidine groups is 1. The van der Waals surface area contributed by atoms with E-state index < -0.39 is 0 Å². The van der Waals surface area contributed by atoms with Crippen LogP contribution in [0.3, 0.4) is 0 Å². The Kier molecular flexibility index (Phi) is 6.41. The van der Waals surface area contributed by atoms with Crippen molar-refractivity contribution in [3.8, 4) is 5.75 Å². The number of nitrogens with zero attached hydrogens (tertiary/aromatic N) is 4. The van der Waals surface area contributed by atoms with Crippen LogP contribution in [0, 0.1) is 0 Å². The van der Waals surface area contributed by atoms with Gasteiger partial charge in [-0.1, -0.05) is 31.2 Å². The van der Waals surface area contributed by atoms with Gasteiger partial charge in [-0.05, 0) is 17.5 Å². The second-order valence-corrected chi connectivity index (χ2v) is 7.87. The highest BCUT2D eigenvalue weighted by atomic mass is 32.1. The van der Waals surface area contributed by atoms with Crippen LogP contribution in [0.1, 0.15) is 35.7 Å². The van der Waals surface area contributed by atoms with Gasteiger partial charge in [0, 0.05) is 36.4 Å². The highest BCUT2D eigenvalue weighted by Crippen LogP contribution is 2.31. The minimum absolute atomic E-state index is 0.177. The van der Waals surface area contributed by atoms with Crippen molar-refractivity contribution in [1.29, 1.82) is 0 Å². The number of hydrogen-bond acceptors (Lipinski definition) is 5. The smallest absolute Gasteiger partial charge is 0.192 e. The van der Waals surface area contributed by atoms with Gasteiger partial charge in [-0.3, -0.25) is 0 Å². The van der Waals surface area contributed by atoms with Crippen molar-refractivity contribution in [3.05, 3.63) is 64.4 Å². The molecule has 4 rings (SSSR count). The van der Waals surface area contributed by atoms with Crippen molar-refractivity contribution >= 4 is 17.3 Å². The standard InChI is InChI=1S/C21H26N6OS/c1-2-20-26-24-15-27(20)11-10-22-21(23-14-16-6-5-13-29-16)25-18-9-12-28-19-8-4-3-7-17(18)19/h3-8,13,15,18H,2,9-12,14H2,1H3,(H2,22,23,25). The molecule has 1 unspecified atom stereocenters. The summed E-state index contributed by atoms with van der Waals surface area (Å²) in [5.74, 6) is 2.76. The third-order valence-electron chi connectivity index (χ3n) is 4.90. The van der Waals surface area contributed by atoms with E-state index in [4.69, 9.17) is 9.73 Å². The molecule has 0 amide bonds. The Morgan fingerprint density at radius 1 is 1.31 bits per heavy atom. The molecule has 1 aliphatic heterocycles. The summed E-state index contributed by atoms with van der Waals surface area (Å²) in [5.41, 5.74) is 1.18. The van der Waals surface area contributed by atoms with Crippen molar-refractivity contribution in [2.24, 2.45) is 4.99 Å². The molecule has 1 atom stereocenters. The van der Waals surface area contributed by atoms with E-state index in [1.54, 1.807) is 17.7 Å². The van der Waals surface area contributed by atoms with Crippen LogP contribution in [0.5, 0.6) is 5.75 Å². The molecule has 152 valence electrons. The molecule has 3 aromatic rings. The fourth-order valence-corrected chi connectivity index (χ4v) is 4.03. The first-order valence-corrected chi connectivity index (χ1v) is 10.9. The van der Waals surface area contributed by atoms with Crippen molar-refractivity contribution in [2.75, 3.05) is 13.2 Å². The summed E-state index contributed by atoms with van der Waals surface area (Å²) in [4.78, 5) is 6.06. The Hall–Kier alpha value is -2.87. The molecule has 2 N–H and O–H groups in total. The van der Waals surface area contributed by atoms with Crippen LogP contribution in [-0.4, -0.2) is 33.9 Å². The maximum atomic E-state index is 5.79. The molecule has 1 aromatic carbocycles. The Morgan fingerprint density at radius 3 is 3.10 bits per heavy atom. The van der Waals surface area contributed by atoms with Crippen LogP contribution in [0.4, 0.5) is 0 Å². The van der Waals surface area contributed by atoms with E-state index in [9.17, 15) is 0 Å². The molecule has 0 aliphatic carbocycles. The summed E-state index contributed by atoms with van der Waals surface area (Å²) in [6.45, 7) is 4.98. The Morgan fingerprint density at radius 2 is 2.24 bits per heavy atom. The molecular weight excluding hydrogens is 384 g/mol. The summed E-state index contributed by atoms with van der Waals surface area (Å²) in [5, 5.41) is 17.3. The van der Waals surface area contributed by atoms with Crippen molar-refractivity contribution in [3.63, 3.8) is 0 Å². The second kappa shape index (κ2) is 9.56. The van der Waals surface area contributed by atoms with Gasteiger partial charge in [0.2, 0.25) is 0 Å². The Labute approximate surface area is 174 Å². The van der Waals surface area contributed by atoms with E-state index in [0.29, 0.717) is 13.2 Å². The summed E-state index contributed by atoms with van der Waals surface area (Å²) in [6, 6.07) is 12.6. The van der Waals surface area contributed by atoms with E-state index in [2.05, 4.69) is 62.0 Å². The van der Waals surface area contributed by atoms with Gasteiger partial charge in [0.15, 0.2) is 5.96 Å². The average Bonchev–Trinajstić information content (AvgIpc) is 3.44. The SMILES string of the molecule is CCc1nncn1CCNC(=NCc1cccs1)NC1CCOc2ccccc21. The second-order valence-electron chi connectivity index (χ2n) is 6.84. The molecule has 0 spiro atoms. The van der Waals surface area contributed by atoms with Gasteiger partial charge in [0.1, 0.15) is 17.9 Å². The van der Waals surface area contributed by atoms with Crippen LogP contribution in [0.25, 0.3) is 0 Å². The van der Waals surface area contributed by atoms with Gasteiger partial charge in [-0.25, -0.2) is 4.99 Å². The summed E-state index contributed by atoms with van der Waals surface area (Å²) >= 11 is 1.72. The first-order chi connectivity index (χ1) is 14.3. The molecule has 3 heterocycles. The molecule has 8 heteroatoms. The molecule has 7 nitrogen and oxygen atoms in total. The molecule has 29 heavy (non-hydrogen) atoms. The van der Waals surface area contributed by atoms with Gasteiger partial charge < -0.3 is 19.9 Å². The lowest BCUT2D eigenvalue weighted by Crippen LogP contribution is -2.42. The van der Waals surface area contributed by atoms with Gasteiger partial charge in [0.05, 0.1) is 19.2 Å². The molecular formula is C21H26N6OS. The molecule has 2 aromatic heterocycles. The number of ether oxygens (including phenoxy) is 1. The zero-order valence-corrected chi connectivity index (χ0v) is 17.4. The van der Waals surface area contributed by atoms with Gasteiger partial charge in [0.25, 0.3) is 0 Å². The number of aromatic nitrogens is 3. The van der Waals surface area contributed by atoms with E-state index in [0.717, 1.165) is 43.5 Å². The van der Waals surface area contributed by atoms with Crippen LogP contribution in [0.2, 0.25) is 0 Å². The number of nitrogens with one attached hydrogen (secondary N) is 2. The predicted octanol–water partition coefficient (Wildman–Crippen LogP) is 3.16. The van der Waals surface area contributed by atoms with E-state index in [-0.39, 0.29) is 6.04 Å². The van der Waals surface area contributed by atoms with Gasteiger partial charge >= 0.3 is 0 Å². The van der Waals surface area contributed by atoms with Crippen molar-refractivity contribution < 1.29 is 4.74 Å². The van der Waals surface area contributed by atoms with Crippen LogP contribution < -0.4 is 15.4 Å². The van der Waals surface area contributed by atoms with E-state index in [1.807, 2.05) is 12.1 Å². The molecule has 0 fully saturated rings. The predicted molar refractivity (Wildman–Crippen MR) is 115 cm³/mol. The minimum atomic E-state index is 0.177. The average molecular weight is 411 g/mol. The first kappa shape index (κ1) is 19.4. The third kappa shape index (κ3) is 4.95. The lowest BCUT2D eigenvalue weighted by Gasteiger charge is -2.28. The van der Waals surface area contributed by atoms with E-state index in [1.165, 1.54) is 10.4 Å². The number of hydrogen-bond donors (Lipinski definition) is 2. The number of benzene rings is 1. The highest BCUT2D eigenvalue weighted by molar-refractivity contribution is 7.09. The monoisotopic (exact) mass is 410 g/mol. The Balaban J connectivity index is 1.44. The molecule has 0 radical (unpaired) electrons. The lowest BCUT2D eigenvalue weighted by atomic mass is 10.0. The zero-order valence-electron chi connectivity index (χ0n) is 16.5. The number of aryl methyl sites for hydroxylation is 1. The fourth-order valence-electron chi connectivity index (χ4n) is 3.40. The Bertz CT molecular complexity index is 936. The zero-order chi connectivity index (χ0) is 19.9. The topological polar surface area (TPSA) is 76.4 Å². The molecule has 0 saturated heterocycles. The minimum Gasteiger partial charge on any atom is -0.493 e. The van der Waals surface area contributed by atoms with Crippen molar-refractivity contribution in [1.82, 2.24) is 25.4 Å². The van der Waals surface area contributed by atoms with Crippen LogP contribution >= 0.6 is 11.3 Å². The van der Waals surface area contributed by atoms with Crippen molar-refractivity contribution in [2.45, 2.75) is 38.9 Å². The van der Waals surface area contributed by atoms with Crippen LogP contribution in [0.15, 0.2) is 53.1 Å². The molecule has 0 bridgehead atoms. The summed E-state index contributed by atoms with van der Waals surface area (Å²) in [6.07, 6.45) is 3.56. The maximum absolute atomic E-state index is 5.79. The highest BCUT2D eigenvalue weighted by Gasteiger charge is 2.21. The maximum Gasteiger partial charge on any atom is 0.192 e. The molecule has 1 aliphatic rings. The fraction of sp³-hybridized carbons (Fsp3) is 0.381.